The molecular formula is C25H38N2OS. The van der Waals surface area contributed by atoms with E-state index in [1.807, 2.05) is 0 Å². The lowest BCUT2D eigenvalue weighted by Gasteiger charge is -2.53. The minimum absolute atomic E-state index is 0.385. The third-order valence-corrected chi connectivity index (χ3v) is 9.77. The summed E-state index contributed by atoms with van der Waals surface area (Å²) < 4.78 is 15.3. The minimum Gasteiger partial charge on any atom is -0.598 e. The summed E-state index contributed by atoms with van der Waals surface area (Å²) in [6.07, 6.45) is 8.31. The zero-order chi connectivity index (χ0) is 20.6. The summed E-state index contributed by atoms with van der Waals surface area (Å²) in [5.74, 6) is 1.41. The lowest BCUT2D eigenvalue weighted by molar-refractivity contribution is 0.0379. The van der Waals surface area contributed by atoms with E-state index >= 15 is 0 Å². The molecule has 0 amide bonds. The Hall–Kier alpha value is -0.970. The van der Waals surface area contributed by atoms with E-state index in [2.05, 4.69) is 55.2 Å². The Balaban J connectivity index is 1.19. The molecule has 2 aliphatic carbocycles. The summed E-state index contributed by atoms with van der Waals surface area (Å²) in [6.45, 7) is 13.6. The molecule has 1 atom stereocenters. The van der Waals surface area contributed by atoms with Gasteiger partial charge in [-0.2, -0.15) is 0 Å². The van der Waals surface area contributed by atoms with Crippen LogP contribution in [0.2, 0.25) is 0 Å². The molecule has 0 aromatic heterocycles. The van der Waals surface area contributed by atoms with E-state index in [4.69, 9.17) is 0 Å². The van der Waals surface area contributed by atoms with Crippen molar-refractivity contribution in [3.63, 3.8) is 0 Å². The fraction of sp³-hybridized carbons (Fsp3) is 0.680. The molecule has 29 heavy (non-hydrogen) atoms. The normalized spacial score (nSPS) is 27.9. The van der Waals surface area contributed by atoms with Gasteiger partial charge in [0.25, 0.3) is 0 Å². The smallest absolute Gasteiger partial charge is 0.136 e. The van der Waals surface area contributed by atoms with Crippen molar-refractivity contribution in [2.45, 2.75) is 76.9 Å². The van der Waals surface area contributed by atoms with E-state index in [-0.39, 0.29) is 0 Å². The lowest BCUT2D eigenvalue weighted by atomic mass is 9.56. The molecule has 1 aliphatic heterocycles. The summed E-state index contributed by atoms with van der Waals surface area (Å²) in [5, 5.41) is 3.80. The van der Waals surface area contributed by atoms with Crippen LogP contribution in [0.3, 0.4) is 0 Å². The van der Waals surface area contributed by atoms with Crippen molar-refractivity contribution >= 4 is 11.4 Å². The van der Waals surface area contributed by atoms with E-state index in [1.54, 1.807) is 0 Å². The maximum Gasteiger partial charge on any atom is 0.136 e. The fourth-order valence-electron chi connectivity index (χ4n) is 5.42. The number of hydrogen-bond donors (Lipinski definition) is 1. The second-order valence-electron chi connectivity index (χ2n) is 9.95. The standard InChI is InChI=1S/C25H38N2OS/c1-5-20(4)26-17-21-13-24(14-21)29(28)27-10-8-25(9-11-27)15-23(16-25)22-7-6-18(2)19(3)12-22/h6-7,12,21,23-24,26H,4-5,8-11,13-17H2,1-3H3. The molecule has 160 valence electrons. The van der Waals surface area contributed by atoms with E-state index in [9.17, 15) is 4.55 Å². The van der Waals surface area contributed by atoms with Crippen molar-refractivity contribution in [2.75, 3.05) is 19.6 Å². The van der Waals surface area contributed by atoms with Crippen LogP contribution < -0.4 is 5.32 Å². The third kappa shape index (κ3) is 4.55. The highest BCUT2D eigenvalue weighted by Crippen LogP contribution is 2.57. The van der Waals surface area contributed by atoms with Crippen molar-refractivity contribution in [2.24, 2.45) is 11.3 Å². The van der Waals surface area contributed by atoms with Crippen molar-refractivity contribution < 1.29 is 4.55 Å². The second kappa shape index (κ2) is 8.64. The number of allylic oxidation sites excluding steroid dienone is 1. The van der Waals surface area contributed by atoms with Crippen LogP contribution in [0.25, 0.3) is 0 Å². The van der Waals surface area contributed by atoms with Crippen LogP contribution in [0.4, 0.5) is 0 Å². The first-order chi connectivity index (χ1) is 13.9. The van der Waals surface area contributed by atoms with Crippen molar-refractivity contribution in [1.29, 1.82) is 0 Å². The number of aryl methyl sites for hydroxylation is 2. The van der Waals surface area contributed by atoms with Gasteiger partial charge in [0, 0.05) is 49.5 Å². The summed E-state index contributed by atoms with van der Waals surface area (Å²) in [6, 6.07) is 7.01. The highest BCUT2D eigenvalue weighted by Gasteiger charge is 2.49. The molecule has 1 aromatic rings. The maximum atomic E-state index is 13.0. The number of benzene rings is 1. The first-order valence-corrected chi connectivity index (χ1v) is 12.7. The molecule has 3 fully saturated rings. The molecule has 3 aliphatic rings. The largest absolute Gasteiger partial charge is 0.598 e. The monoisotopic (exact) mass is 414 g/mol. The molecule has 0 radical (unpaired) electrons. The summed E-state index contributed by atoms with van der Waals surface area (Å²) in [4.78, 5) is 0. The van der Waals surface area contributed by atoms with Crippen LogP contribution in [0.5, 0.6) is 0 Å². The zero-order valence-corrected chi connectivity index (χ0v) is 19.3. The Morgan fingerprint density at radius 3 is 2.52 bits per heavy atom. The molecule has 1 unspecified atom stereocenters. The summed E-state index contributed by atoms with van der Waals surface area (Å²) >= 11 is -0.780. The first-order valence-electron chi connectivity index (χ1n) is 11.5. The molecule has 1 spiro atoms. The molecule has 3 nitrogen and oxygen atoms in total. The van der Waals surface area contributed by atoms with Gasteiger partial charge in [-0.1, -0.05) is 31.7 Å². The van der Waals surface area contributed by atoms with Gasteiger partial charge in [0.1, 0.15) is 5.25 Å². The van der Waals surface area contributed by atoms with Gasteiger partial charge in [0.15, 0.2) is 0 Å². The van der Waals surface area contributed by atoms with Gasteiger partial charge in [-0.25, -0.2) is 0 Å². The Labute approximate surface area is 180 Å². The van der Waals surface area contributed by atoms with Gasteiger partial charge in [-0.05, 0) is 79.9 Å². The van der Waals surface area contributed by atoms with Gasteiger partial charge >= 0.3 is 0 Å². The van der Waals surface area contributed by atoms with Crippen LogP contribution in [0.1, 0.15) is 74.5 Å². The SMILES string of the molecule is C=C(CC)NCC1CC([S+]([O-])N2CCC3(CC2)CC(c2ccc(C)c(C)c2)C3)C1. The maximum absolute atomic E-state index is 13.0. The topological polar surface area (TPSA) is 38.3 Å². The zero-order valence-electron chi connectivity index (χ0n) is 18.5. The summed E-state index contributed by atoms with van der Waals surface area (Å²) in [7, 11) is 0. The van der Waals surface area contributed by atoms with Gasteiger partial charge in [-0.3, -0.25) is 0 Å². The third-order valence-electron chi connectivity index (χ3n) is 7.94. The van der Waals surface area contributed by atoms with Crippen LogP contribution in [-0.4, -0.2) is 33.7 Å². The molecular weight excluding hydrogens is 376 g/mol. The Morgan fingerprint density at radius 2 is 1.90 bits per heavy atom. The molecule has 0 bridgehead atoms. The molecule has 4 rings (SSSR count). The molecule has 1 aromatic carbocycles. The highest BCUT2D eigenvalue weighted by molar-refractivity contribution is 7.89. The first kappa shape index (κ1) is 21.3. The molecule has 1 saturated heterocycles. The highest BCUT2D eigenvalue weighted by atomic mass is 32.2. The second-order valence-corrected chi connectivity index (χ2v) is 11.7. The number of rotatable bonds is 7. The van der Waals surface area contributed by atoms with E-state index in [1.165, 1.54) is 42.4 Å². The quantitative estimate of drug-likeness (QED) is 0.622. The molecule has 1 N–H and O–H groups in total. The van der Waals surface area contributed by atoms with Gasteiger partial charge in [0.05, 0.1) is 0 Å². The predicted octanol–water partition coefficient (Wildman–Crippen LogP) is 5.22. The predicted molar refractivity (Wildman–Crippen MR) is 123 cm³/mol. The van der Waals surface area contributed by atoms with Crippen LogP contribution in [0, 0.1) is 25.2 Å². The minimum atomic E-state index is -0.780. The molecule has 4 heteroatoms. The molecule has 1 heterocycles. The average molecular weight is 415 g/mol. The number of piperidine rings is 1. The Kier molecular flexibility index (Phi) is 6.34. The van der Waals surface area contributed by atoms with E-state index in [0.29, 0.717) is 16.6 Å². The van der Waals surface area contributed by atoms with Crippen LogP contribution in [0.15, 0.2) is 30.5 Å². The van der Waals surface area contributed by atoms with E-state index in [0.717, 1.165) is 50.5 Å². The number of nitrogens with one attached hydrogen (secondary N) is 1. The van der Waals surface area contributed by atoms with Crippen LogP contribution in [-0.2, 0) is 11.4 Å². The summed E-state index contributed by atoms with van der Waals surface area (Å²) in [5.41, 5.74) is 5.99. The van der Waals surface area contributed by atoms with E-state index < -0.39 is 11.4 Å². The lowest BCUT2D eigenvalue weighted by Crippen LogP contribution is -2.52. The number of nitrogens with zero attached hydrogens (tertiary/aromatic N) is 1. The Morgan fingerprint density at radius 1 is 1.21 bits per heavy atom. The van der Waals surface area contributed by atoms with Crippen molar-refractivity contribution in [3.05, 3.63) is 47.2 Å². The van der Waals surface area contributed by atoms with Gasteiger partial charge in [-0.15, -0.1) is 4.31 Å². The van der Waals surface area contributed by atoms with Crippen LogP contribution >= 0.6 is 0 Å². The van der Waals surface area contributed by atoms with Gasteiger partial charge in [0.2, 0.25) is 0 Å². The van der Waals surface area contributed by atoms with Gasteiger partial charge < -0.3 is 9.87 Å². The van der Waals surface area contributed by atoms with Crippen molar-refractivity contribution in [3.8, 4) is 0 Å². The molecule has 2 saturated carbocycles. The average Bonchev–Trinajstić information content (AvgIpc) is 2.66. The fourth-order valence-corrected chi connectivity index (χ4v) is 7.26. The Bertz CT molecular complexity index is 726. The van der Waals surface area contributed by atoms with Crippen molar-refractivity contribution in [1.82, 2.24) is 9.62 Å². The number of hydrogen-bond acceptors (Lipinski definition) is 3.